The normalized spacial score (nSPS) is 20.2. The highest BCUT2D eigenvalue weighted by molar-refractivity contribution is 5.78. The molecule has 0 aliphatic carbocycles. The SMILES string of the molecule is CC(CN1CCOCC1)C(=O)N1CCC(c2nc(-c3cccnc3)n[nH]2)CC1. The van der Waals surface area contributed by atoms with Gasteiger partial charge in [-0.3, -0.25) is 19.8 Å². The van der Waals surface area contributed by atoms with Crippen molar-refractivity contribution in [3.63, 3.8) is 0 Å². The lowest BCUT2D eigenvalue weighted by Gasteiger charge is -2.34. The molecule has 0 bridgehead atoms. The van der Waals surface area contributed by atoms with Crippen LogP contribution in [0.3, 0.4) is 0 Å². The molecule has 150 valence electrons. The van der Waals surface area contributed by atoms with Crippen LogP contribution in [0.1, 0.15) is 31.5 Å². The Morgan fingerprint density at radius 3 is 2.79 bits per heavy atom. The molecule has 2 aliphatic heterocycles. The molecule has 4 rings (SSSR count). The van der Waals surface area contributed by atoms with Crippen LogP contribution in [0.15, 0.2) is 24.5 Å². The molecule has 8 nitrogen and oxygen atoms in total. The van der Waals surface area contributed by atoms with Gasteiger partial charge in [-0.15, -0.1) is 0 Å². The largest absolute Gasteiger partial charge is 0.379 e. The number of carbonyl (C=O) groups excluding carboxylic acids is 1. The number of rotatable bonds is 5. The van der Waals surface area contributed by atoms with E-state index in [9.17, 15) is 4.79 Å². The Morgan fingerprint density at radius 1 is 1.29 bits per heavy atom. The van der Waals surface area contributed by atoms with Crippen LogP contribution in [0.2, 0.25) is 0 Å². The fourth-order valence-electron chi connectivity index (χ4n) is 4.02. The number of hydrogen-bond acceptors (Lipinski definition) is 6. The van der Waals surface area contributed by atoms with Crippen LogP contribution >= 0.6 is 0 Å². The number of aromatic nitrogens is 4. The number of nitrogens with one attached hydrogen (secondary N) is 1. The molecule has 1 amide bonds. The van der Waals surface area contributed by atoms with Gasteiger partial charge in [0.25, 0.3) is 0 Å². The minimum Gasteiger partial charge on any atom is -0.379 e. The molecule has 1 unspecified atom stereocenters. The van der Waals surface area contributed by atoms with Gasteiger partial charge in [-0.05, 0) is 25.0 Å². The molecule has 2 saturated heterocycles. The van der Waals surface area contributed by atoms with Gasteiger partial charge in [-0.2, -0.15) is 5.10 Å². The van der Waals surface area contributed by atoms with E-state index in [2.05, 4.69) is 25.1 Å². The average Bonchev–Trinajstić information content (AvgIpc) is 3.25. The maximum atomic E-state index is 12.8. The third kappa shape index (κ3) is 4.39. The summed E-state index contributed by atoms with van der Waals surface area (Å²) in [6.45, 7) is 7.79. The average molecular weight is 384 g/mol. The molecular weight excluding hydrogens is 356 g/mol. The Balaban J connectivity index is 1.29. The third-order valence-corrected chi connectivity index (χ3v) is 5.67. The zero-order valence-corrected chi connectivity index (χ0v) is 16.4. The molecule has 28 heavy (non-hydrogen) atoms. The number of morpholine rings is 1. The monoisotopic (exact) mass is 384 g/mol. The summed E-state index contributed by atoms with van der Waals surface area (Å²) >= 11 is 0. The molecule has 0 spiro atoms. The molecular formula is C20H28N6O2. The molecule has 2 aliphatic rings. The summed E-state index contributed by atoms with van der Waals surface area (Å²) in [6, 6.07) is 3.84. The summed E-state index contributed by atoms with van der Waals surface area (Å²) in [4.78, 5) is 25.9. The van der Waals surface area contributed by atoms with Gasteiger partial charge in [-0.1, -0.05) is 6.92 Å². The number of pyridine rings is 1. The van der Waals surface area contributed by atoms with Gasteiger partial charge in [0.15, 0.2) is 5.82 Å². The first-order valence-corrected chi connectivity index (χ1v) is 10.1. The topological polar surface area (TPSA) is 87.2 Å². The van der Waals surface area contributed by atoms with E-state index in [1.165, 1.54) is 0 Å². The van der Waals surface area contributed by atoms with Crippen molar-refractivity contribution in [2.24, 2.45) is 5.92 Å². The quantitative estimate of drug-likeness (QED) is 0.841. The van der Waals surface area contributed by atoms with Crippen molar-refractivity contribution in [3.8, 4) is 11.4 Å². The number of carbonyl (C=O) groups is 1. The van der Waals surface area contributed by atoms with E-state index in [0.29, 0.717) is 11.7 Å². The fourth-order valence-corrected chi connectivity index (χ4v) is 4.02. The molecule has 0 aromatic carbocycles. The number of amides is 1. The first-order valence-electron chi connectivity index (χ1n) is 10.1. The number of ether oxygens (including phenoxy) is 1. The van der Waals surface area contributed by atoms with Crippen LogP contribution in [0, 0.1) is 5.92 Å². The maximum absolute atomic E-state index is 12.8. The summed E-state index contributed by atoms with van der Waals surface area (Å²) in [5.41, 5.74) is 0.912. The Bertz CT molecular complexity index is 766. The van der Waals surface area contributed by atoms with Gasteiger partial charge in [0.05, 0.1) is 13.2 Å². The molecule has 4 heterocycles. The van der Waals surface area contributed by atoms with Crippen LogP contribution in [-0.4, -0.2) is 81.8 Å². The van der Waals surface area contributed by atoms with Gasteiger partial charge in [0, 0.05) is 62.5 Å². The lowest BCUT2D eigenvalue weighted by atomic mass is 9.95. The number of hydrogen-bond donors (Lipinski definition) is 1. The molecule has 2 aromatic rings. The van der Waals surface area contributed by atoms with E-state index in [4.69, 9.17) is 4.74 Å². The van der Waals surface area contributed by atoms with Crippen molar-refractivity contribution in [1.29, 1.82) is 0 Å². The smallest absolute Gasteiger partial charge is 0.226 e. The van der Waals surface area contributed by atoms with Crippen molar-refractivity contribution in [1.82, 2.24) is 30.0 Å². The molecule has 1 atom stereocenters. The van der Waals surface area contributed by atoms with Gasteiger partial charge in [0.2, 0.25) is 5.91 Å². The van der Waals surface area contributed by atoms with E-state index in [1.54, 1.807) is 12.4 Å². The molecule has 0 saturated carbocycles. The minimum absolute atomic E-state index is 0.0251. The van der Waals surface area contributed by atoms with Gasteiger partial charge in [-0.25, -0.2) is 4.98 Å². The zero-order valence-electron chi connectivity index (χ0n) is 16.4. The summed E-state index contributed by atoms with van der Waals surface area (Å²) in [5.74, 6) is 2.19. The number of H-pyrrole nitrogens is 1. The van der Waals surface area contributed by atoms with E-state index >= 15 is 0 Å². The first-order chi connectivity index (χ1) is 13.7. The highest BCUT2D eigenvalue weighted by atomic mass is 16.5. The second kappa shape index (κ2) is 8.79. The van der Waals surface area contributed by atoms with Crippen molar-refractivity contribution in [3.05, 3.63) is 30.4 Å². The van der Waals surface area contributed by atoms with Crippen molar-refractivity contribution < 1.29 is 9.53 Å². The van der Waals surface area contributed by atoms with Crippen molar-refractivity contribution in [2.75, 3.05) is 45.9 Å². The predicted octanol–water partition coefficient (Wildman–Crippen LogP) is 1.54. The zero-order chi connectivity index (χ0) is 19.3. The van der Waals surface area contributed by atoms with Crippen molar-refractivity contribution >= 4 is 5.91 Å². The van der Waals surface area contributed by atoms with E-state index < -0.39 is 0 Å². The Labute approximate surface area is 165 Å². The Morgan fingerprint density at radius 2 is 2.07 bits per heavy atom. The number of piperidine rings is 1. The summed E-state index contributed by atoms with van der Waals surface area (Å²) < 4.78 is 5.39. The summed E-state index contributed by atoms with van der Waals surface area (Å²) in [5, 5.41) is 7.42. The predicted molar refractivity (Wildman–Crippen MR) is 105 cm³/mol. The number of nitrogens with zero attached hydrogens (tertiary/aromatic N) is 5. The second-order valence-corrected chi connectivity index (χ2v) is 7.70. The van der Waals surface area contributed by atoms with Crippen LogP contribution in [0.25, 0.3) is 11.4 Å². The fraction of sp³-hybridized carbons (Fsp3) is 0.600. The van der Waals surface area contributed by atoms with Crippen LogP contribution in [0.5, 0.6) is 0 Å². The molecule has 2 fully saturated rings. The van der Waals surface area contributed by atoms with Crippen LogP contribution in [0.4, 0.5) is 0 Å². The maximum Gasteiger partial charge on any atom is 0.226 e. The Hall–Kier alpha value is -2.32. The number of aromatic amines is 1. The minimum atomic E-state index is 0.0251. The lowest BCUT2D eigenvalue weighted by Crippen LogP contribution is -2.46. The van der Waals surface area contributed by atoms with E-state index in [1.807, 2.05) is 24.0 Å². The highest BCUT2D eigenvalue weighted by Crippen LogP contribution is 2.27. The Kier molecular flexibility index (Phi) is 5.97. The molecule has 1 N–H and O–H groups in total. The first kappa shape index (κ1) is 19.0. The highest BCUT2D eigenvalue weighted by Gasteiger charge is 2.29. The third-order valence-electron chi connectivity index (χ3n) is 5.67. The van der Waals surface area contributed by atoms with Crippen LogP contribution < -0.4 is 0 Å². The van der Waals surface area contributed by atoms with Gasteiger partial charge in [0.1, 0.15) is 5.82 Å². The summed E-state index contributed by atoms with van der Waals surface area (Å²) in [7, 11) is 0. The second-order valence-electron chi connectivity index (χ2n) is 7.70. The lowest BCUT2D eigenvalue weighted by molar-refractivity contribution is -0.137. The van der Waals surface area contributed by atoms with Gasteiger partial charge < -0.3 is 9.64 Å². The molecule has 0 radical (unpaired) electrons. The number of likely N-dealkylation sites (tertiary alicyclic amines) is 1. The van der Waals surface area contributed by atoms with Gasteiger partial charge >= 0.3 is 0 Å². The summed E-state index contributed by atoms with van der Waals surface area (Å²) in [6.07, 6.45) is 5.34. The van der Waals surface area contributed by atoms with Crippen LogP contribution in [-0.2, 0) is 9.53 Å². The van der Waals surface area contributed by atoms with E-state index in [0.717, 1.165) is 70.2 Å². The molecule has 8 heteroatoms. The standard InChI is InChI=1S/C20H28N6O2/c1-15(14-25-9-11-28-12-10-25)20(27)26-7-4-16(5-8-26)18-22-19(24-23-18)17-3-2-6-21-13-17/h2-3,6,13,15-16H,4-5,7-12,14H2,1H3,(H,22,23,24). The van der Waals surface area contributed by atoms with E-state index in [-0.39, 0.29) is 11.8 Å². The van der Waals surface area contributed by atoms with Crippen molar-refractivity contribution in [2.45, 2.75) is 25.7 Å². The molecule has 2 aromatic heterocycles.